The number of ether oxygens (including phenoxy) is 4. The minimum Gasteiger partial charge on any atom is -0.491 e. The van der Waals surface area contributed by atoms with Gasteiger partial charge in [0.05, 0.1) is 32.3 Å². The fraction of sp³-hybridized carbons (Fsp3) is 0.571. The molecule has 0 aromatic heterocycles. The summed E-state index contributed by atoms with van der Waals surface area (Å²) in [6, 6.07) is 7.94. The van der Waals surface area contributed by atoms with Crippen molar-refractivity contribution in [3.63, 3.8) is 0 Å². The first-order valence-corrected chi connectivity index (χ1v) is 9.42. The molecule has 0 heterocycles. The van der Waals surface area contributed by atoms with Crippen LogP contribution in [0.3, 0.4) is 0 Å². The van der Waals surface area contributed by atoms with Gasteiger partial charge in [-0.1, -0.05) is 29.8 Å². The molecular weight excluding hydrogens is 332 g/mol. The SMILES string of the molecule is Cc1ccc(OCCOCCOCCOC(=O)C2CC3C=CC2C3)cc1. The van der Waals surface area contributed by atoms with E-state index in [1.807, 2.05) is 31.2 Å². The third kappa shape index (κ3) is 5.58. The average Bonchev–Trinajstić information content (AvgIpc) is 3.28. The summed E-state index contributed by atoms with van der Waals surface area (Å²) in [5.74, 6) is 1.81. The highest BCUT2D eigenvalue weighted by molar-refractivity contribution is 5.74. The van der Waals surface area contributed by atoms with Crippen molar-refractivity contribution in [2.75, 3.05) is 39.6 Å². The first kappa shape index (κ1) is 18.9. The Kier molecular flexibility index (Phi) is 7.09. The number of hydrogen-bond donors (Lipinski definition) is 0. The molecule has 26 heavy (non-hydrogen) atoms. The van der Waals surface area contributed by atoms with Crippen LogP contribution in [0.15, 0.2) is 36.4 Å². The summed E-state index contributed by atoms with van der Waals surface area (Å²) in [5, 5.41) is 0. The van der Waals surface area contributed by atoms with E-state index in [4.69, 9.17) is 18.9 Å². The molecule has 142 valence electrons. The number of carbonyl (C=O) groups excluding carboxylic acids is 1. The molecule has 2 aliphatic rings. The molecule has 0 radical (unpaired) electrons. The molecule has 1 fully saturated rings. The van der Waals surface area contributed by atoms with Crippen LogP contribution in [0.2, 0.25) is 0 Å². The second-order valence-corrected chi connectivity index (χ2v) is 6.94. The lowest BCUT2D eigenvalue weighted by molar-refractivity contribution is -0.151. The molecule has 0 amide bonds. The van der Waals surface area contributed by atoms with E-state index in [0.29, 0.717) is 51.5 Å². The van der Waals surface area contributed by atoms with Crippen molar-refractivity contribution in [1.29, 1.82) is 0 Å². The van der Waals surface area contributed by atoms with Crippen molar-refractivity contribution in [2.24, 2.45) is 17.8 Å². The Morgan fingerprint density at radius 2 is 1.62 bits per heavy atom. The minimum absolute atomic E-state index is 0.0573. The molecule has 1 aromatic carbocycles. The van der Waals surface area contributed by atoms with Gasteiger partial charge in [-0.15, -0.1) is 0 Å². The van der Waals surface area contributed by atoms with E-state index >= 15 is 0 Å². The van der Waals surface area contributed by atoms with Gasteiger partial charge in [-0.3, -0.25) is 4.79 Å². The second-order valence-electron chi connectivity index (χ2n) is 6.94. The maximum atomic E-state index is 12.0. The molecule has 3 atom stereocenters. The molecule has 0 N–H and O–H groups in total. The minimum atomic E-state index is -0.0741. The first-order chi connectivity index (χ1) is 12.7. The van der Waals surface area contributed by atoms with Crippen LogP contribution < -0.4 is 4.74 Å². The zero-order valence-electron chi connectivity index (χ0n) is 15.4. The topological polar surface area (TPSA) is 54.0 Å². The average molecular weight is 360 g/mol. The van der Waals surface area contributed by atoms with Gasteiger partial charge >= 0.3 is 5.97 Å². The molecule has 1 aromatic rings. The van der Waals surface area contributed by atoms with E-state index in [-0.39, 0.29) is 11.9 Å². The smallest absolute Gasteiger partial charge is 0.309 e. The van der Waals surface area contributed by atoms with Crippen molar-refractivity contribution < 1.29 is 23.7 Å². The lowest BCUT2D eigenvalue weighted by atomic mass is 9.94. The highest BCUT2D eigenvalue weighted by Crippen LogP contribution is 2.43. The zero-order chi connectivity index (χ0) is 18.2. The van der Waals surface area contributed by atoms with E-state index in [0.717, 1.165) is 18.6 Å². The molecule has 0 spiro atoms. The van der Waals surface area contributed by atoms with E-state index in [1.165, 1.54) is 5.56 Å². The number of hydrogen-bond acceptors (Lipinski definition) is 5. The van der Waals surface area contributed by atoms with Gasteiger partial charge in [-0.05, 0) is 43.7 Å². The fourth-order valence-electron chi connectivity index (χ4n) is 3.53. The van der Waals surface area contributed by atoms with E-state index < -0.39 is 0 Å². The summed E-state index contributed by atoms with van der Waals surface area (Å²) in [7, 11) is 0. The Balaban J connectivity index is 1.13. The summed E-state index contributed by atoms with van der Waals surface area (Å²) < 4.78 is 21.8. The van der Waals surface area contributed by atoms with Gasteiger partial charge in [0.2, 0.25) is 0 Å². The van der Waals surface area contributed by atoms with Crippen LogP contribution in [-0.4, -0.2) is 45.6 Å². The maximum Gasteiger partial charge on any atom is 0.309 e. The Hall–Kier alpha value is -1.85. The van der Waals surface area contributed by atoms with Gasteiger partial charge in [-0.2, -0.15) is 0 Å². The van der Waals surface area contributed by atoms with Crippen LogP contribution in [0, 0.1) is 24.7 Å². The Bertz CT molecular complexity index is 595. The third-order valence-corrected chi connectivity index (χ3v) is 4.94. The van der Waals surface area contributed by atoms with Crippen LogP contribution in [0.25, 0.3) is 0 Å². The van der Waals surface area contributed by atoms with E-state index in [1.54, 1.807) is 0 Å². The predicted octanol–water partition coefficient (Wildman–Crippen LogP) is 3.16. The molecule has 0 saturated heterocycles. The van der Waals surface area contributed by atoms with Gasteiger partial charge in [0.25, 0.3) is 0 Å². The first-order valence-electron chi connectivity index (χ1n) is 9.42. The van der Waals surface area contributed by atoms with E-state index in [9.17, 15) is 4.79 Å². The molecule has 3 rings (SSSR count). The molecule has 5 heteroatoms. The van der Waals surface area contributed by atoms with Crippen LogP contribution in [-0.2, 0) is 19.0 Å². The highest BCUT2D eigenvalue weighted by atomic mass is 16.6. The summed E-state index contributed by atoms with van der Waals surface area (Å²) in [4.78, 5) is 12.0. The summed E-state index contributed by atoms with van der Waals surface area (Å²) in [6.45, 7) is 4.78. The second kappa shape index (κ2) is 9.74. The lowest BCUT2D eigenvalue weighted by Gasteiger charge is -2.16. The number of allylic oxidation sites excluding steroid dienone is 2. The number of fused-ring (bicyclic) bond motifs is 2. The van der Waals surface area contributed by atoms with Crippen LogP contribution in [0.4, 0.5) is 0 Å². The molecular formula is C21H28O5. The van der Waals surface area contributed by atoms with Crippen molar-refractivity contribution in [3.8, 4) is 5.75 Å². The number of esters is 1. The number of benzene rings is 1. The largest absolute Gasteiger partial charge is 0.491 e. The van der Waals surface area contributed by atoms with Crippen LogP contribution in [0.5, 0.6) is 5.75 Å². The molecule has 5 nitrogen and oxygen atoms in total. The van der Waals surface area contributed by atoms with Crippen LogP contribution >= 0.6 is 0 Å². The molecule has 2 bridgehead atoms. The van der Waals surface area contributed by atoms with Crippen LogP contribution in [0.1, 0.15) is 18.4 Å². The van der Waals surface area contributed by atoms with Gasteiger partial charge in [0.1, 0.15) is 19.0 Å². The van der Waals surface area contributed by atoms with Gasteiger partial charge in [0.15, 0.2) is 0 Å². The maximum absolute atomic E-state index is 12.0. The van der Waals surface area contributed by atoms with Crippen molar-refractivity contribution >= 4 is 5.97 Å². The van der Waals surface area contributed by atoms with Crippen molar-refractivity contribution in [1.82, 2.24) is 0 Å². The number of carbonyl (C=O) groups is 1. The Labute approximate surface area is 155 Å². The number of aryl methyl sites for hydroxylation is 1. The zero-order valence-corrected chi connectivity index (χ0v) is 15.4. The predicted molar refractivity (Wildman–Crippen MR) is 98.1 cm³/mol. The Morgan fingerprint density at radius 1 is 0.923 bits per heavy atom. The van der Waals surface area contributed by atoms with Crippen molar-refractivity contribution in [3.05, 3.63) is 42.0 Å². The van der Waals surface area contributed by atoms with Crippen molar-refractivity contribution in [2.45, 2.75) is 19.8 Å². The van der Waals surface area contributed by atoms with Gasteiger partial charge in [0, 0.05) is 0 Å². The Morgan fingerprint density at radius 3 is 2.27 bits per heavy atom. The van der Waals surface area contributed by atoms with E-state index in [2.05, 4.69) is 12.2 Å². The summed E-state index contributed by atoms with van der Waals surface area (Å²) in [6.07, 6.45) is 6.44. The van der Waals surface area contributed by atoms with Gasteiger partial charge < -0.3 is 18.9 Å². The molecule has 2 aliphatic carbocycles. The summed E-state index contributed by atoms with van der Waals surface area (Å²) >= 11 is 0. The monoisotopic (exact) mass is 360 g/mol. The third-order valence-electron chi connectivity index (χ3n) is 4.94. The molecule has 0 aliphatic heterocycles. The highest BCUT2D eigenvalue weighted by Gasteiger charge is 2.40. The standard InChI is InChI=1S/C21H28O5/c1-16-2-6-19(7-3-16)25-12-10-23-8-9-24-11-13-26-21(22)20-15-17-4-5-18(20)14-17/h2-7,17-18,20H,8-15H2,1H3. The number of rotatable bonds is 11. The molecule has 3 unspecified atom stereocenters. The van der Waals surface area contributed by atoms with Gasteiger partial charge in [-0.25, -0.2) is 0 Å². The fourth-order valence-corrected chi connectivity index (χ4v) is 3.53. The summed E-state index contributed by atoms with van der Waals surface area (Å²) in [5.41, 5.74) is 1.21. The molecule has 1 saturated carbocycles. The quantitative estimate of drug-likeness (QED) is 0.345. The lowest BCUT2D eigenvalue weighted by Crippen LogP contribution is -2.23. The normalized spacial score (nSPS) is 23.3.